The molecule has 2 rings (SSSR count). The molecule has 2 heteroatoms. The summed E-state index contributed by atoms with van der Waals surface area (Å²) in [5, 5.41) is 12.4. The lowest BCUT2D eigenvalue weighted by Crippen LogP contribution is -2.30. The molecule has 0 spiro atoms. The molecule has 0 atom stereocenters. The van der Waals surface area contributed by atoms with Gasteiger partial charge in [-0.2, -0.15) is 5.26 Å². The van der Waals surface area contributed by atoms with Crippen LogP contribution in [-0.2, 0) is 0 Å². The van der Waals surface area contributed by atoms with Gasteiger partial charge in [0, 0.05) is 11.2 Å². The molecule has 0 amide bonds. The van der Waals surface area contributed by atoms with E-state index in [1.807, 2.05) is 24.3 Å². The van der Waals surface area contributed by atoms with E-state index >= 15 is 0 Å². The van der Waals surface area contributed by atoms with E-state index in [4.69, 9.17) is 5.26 Å². The minimum absolute atomic E-state index is 0.230. The van der Waals surface area contributed by atoms with E-state index in [0.29, 0.717) is 0 Å². The number of hydrogen-bond donors (Lipinski definition) is 1. The maximum atomic E-state index is 8.81. The first kappa shape index (κ1) is 10.0. The molecule has 0 aliphatic heterocycles. The van der Waals surface area contributed by atoms with E-state index in [1.54, 1.807) is 0 Å². The van der Waals surface area contributed by atoms with Crippen molar-refractivity contribution in [3.63, 3.8) is 0 Å². The lowest BCUT2D eigenvalue weighted by molar-refractivity contribution is 0.533. The standard InChI is InChI=1S/C13H16N2/c1-13(7-2-3-8-13)15-12-6-4-5-11(9-12)10-14/h4-6,9,15H,2-3,7-8H2,1H3. The monoisotopic (exact) mass is 200 g/mol. The van der Waals surface area contributed by atoms with Gasteiger partial charge in [-0.15, -0.1) is 0 Å². The Hall–Kier alpha value is -1.49. The normalized spacial score (nSPS) is 18.4. The van der Waals surface area contributed by atoms with Crippen molar-refractivity contribution in [2.45, 2.75) is 38.1 Å². The highest BCUT2D eigenvalue weighted by molar-refractivity contribution is 5.50. The molecule has 1 fully saturated rings. The fourth-order valence-corrected chi connectivity index (χ4v) is 2.30. The van der Waals surface area contributed by atoms with Crippen LogP contribution in [0.2, 0.25) is 0 Å². The van der Waals surface area contributed by atoms with Crippen LogP contribution in [0, 0.1) is 11.3 Å². The Labute approximate surface area is 90.9 Å². The lowest BCUT2D eigenvalue weighted by Gasteiger charge is -2.26. The van der Waals surface area contributed by atoms with Crippen molar-refractivity contribution in [2.24, 2.45) is 0 Å². The average Bonchev–Trinajstić information content (AvgIpc) is 2.65. The zero-order valence-electron chi connectivity index (χ0n) is 9.09. The van der Waals surface area contributed by atoms with E-state index in [1.165, 1.54) is 25.7 Å². The summed E-state index contributed by atoms with van der Waals surface area (Å²) in [6, 6.07) is 9.88. The van der Waals surface area contributed by atoms with E-state index in [9.17, 15) is 0 Å². The first-order valence-electron chi connectivity index (χ1n) is 5.50. The largest absolute Gasteiger partial charge is 0.380 e. The van der Waals surface area contributed by atoms with Crippen LogP contribution in [0.15, 0.2) is 24.3 Å². The fourth-order valence-electron chi connectivity index (χ4n) is 2.30. The Bertz CT molecular complexity index is 384. The van der Waals surface area contributed by atoms with Crippen molar-refractivity contribution in [3.05, 3.63) is 29.8 Å². The predicted octanol–water partition coefficient (Wildman–Crippen LogP) is 3.30. The molecule has 0 bridgehead atoms. The molecule has 1 saturated carbocycles. The molecule has 78 valence electrons. The van der Waals surface area contributed by atoms with Crippen LogP contribution in [0.1, 0.15) is 38.2 Å². The van der Waals surface area contributed by atoms with Gasteiger partial charge in [0.25, 0.3) is 0 Å². The van der Waals surface area contributed by atoms with Crippen molar-refractivity contribution >= 4 is 5.69 Å². The minimum Gasteiger partial charge on any atom is -0.380 e. The van der Waals surface area contributed by atoms with Gasteiger partial charge < -0.3 is 5.32 Å². The van der Waals surface area contributed by atoms with Gasteiger partial charge in [-0.05, 0) is 38.0 Å². The van der Waals surface area contributed by atoms with Crippen molar-refractivity contribution in [2.75, 3.05) is 5.32 Å². The predicted molar refractivity (Wildman–Crippen MR) is 61.7 cm³/mol. The zero-order chi connectivity index (χ0) is 10.7. The minimum atomic E-state index is 0.230. The molecule has 2 nitrogen and oxygen atoms in total. The van der Waals surface area contributed by atoms with Crippen molar-refractivity contribution < 1.29 is 0 Å². The van der Waals surface area contributed by atoms with Crippen LogP contribution in [0.25, 0.3) is 0 Å². The number of hydrogen-bond acceptors (Lipinski definition) is 2. The Kier molecular flexibility index (Phi) is 2.64. The summed E-state index contributed by atoms with van der Waals surface area (Å²) in [6.07, 6.45) is 5.07. The summed E-state index contributed by atoms with van der Waals surface area (Å²) in [7, 11) is 0. The van der Waals surface area contributed by atoms with Crippen LogP contribution in [0.3, 0.4) is 0 Å². The smallest absolute Gasteiger partial charge is 0.0992 e. The van der Waals surface area contributed by atoms with E-state index in [2.05, 4.69) is 18.3 Å². The maximum Gasteiger partial charge on any atom is 0.0992 e. The van der Waals surface area contributed by atoms with Gasteiger partial charge in [-0.1, -0.05) is 18.9 Å². The van der Waals surface area contributed by atoms with Crippen LogP contribution >= 0.6 is 0 Å². The van der Waals surface area contributed by atoms with Gasteiger partial charge in [0.15, 0.2) is 0 Å². The number of anilines is 1. The van der Waals surface area contributed by atoms with Gasteiger partial charge in [0.05, 0.1) is 11.6 Å². The van der Waals surface area contributed by atoms with E-state index in [0.717, 1.165) is 11.3 Å². The second-order valence-electron chi connectivity index (χ2n) is 4.59. The summed E-state index contributed by atoms with van der Waals surface area (Å²) in [5.74, 6) is 0. The molecule has 0 saturated heterocycles. The van der Waals surface area contributed by atoms with Gasteiger partial charge in [-0.3, -0.25) is 0 Å². The van der Waals surface area contributed by atoms with Crippen LogP contribution in [-0.4, -0.2) is 5.54 Å². The number of nitrogens with zero attached hydrogens (tertiary/aromatic N) is 1. The zero-order valence-corrected chi connectivity index (χ0v) is 9.09. The van der Waals surface area contributed by atoms with E-state index < -0.39 is 0 Å². The molecule has 1 aromatic rings. The SMILES string of the molecule is CC1(Nc2cccc(C#N)c2)CCCC1. The summed E-state index contributed by atoms with van der Waals surface area (Å²) in [4.78, 5) is 0. The third-order valence-electron chi connectivity index (χ3n) is 3.14. The molecule has 15 heavy (non-hydrogen) atoms. The third-order valence-corrected chi connectivity index (χ3v) is 3.14. The molecule has 0 aromatic heterocycles. The Morgan fingerprint density at radius 2 is 2.07 bits per heavy atom. The second-order valence-corrected chi connectivity index (χ2v) is 4.59. The van der Waals surface area contributed by atoms with Gasteiger partial charge in [0.2, 0.25) is 0 Å². The van der Waals surface area contributed by atoms with Crippen LogP contribution < -0.4 is 5.32 Å². The third kappa shape index (κ3) is 2.30. The molecule has 1 N–H and O–H groups in total. The van der Waals surface area contributed by atoms with Crippen molar-refractivity contribution in [3.8, 4) is 6.07 Å². The number of rotatable bonds is 2. The summed E-state index contributed by atoms with van der Waals surface area (Å²) < 4.78 is 0. The number of benzene rings is 1. The van der Waals surface area contributed by atoms with Gasteiger partial charge in [-0.25, -0.2) is 0 Å². The number of nitrogens with one attached hydrogen (secondary N) is 1. The topological polar surface area (TPSA) is 35.8 Å². The molecule has 1 aliphatic rings. The molecule has 1 aliphatic carbocycles. The summed E-state index contributed by atoms with van der Waals surface area (Å²) in [5.41, 5.74) is 2.02. The average molecular weight is 200 g/mol. The molecule has 0 unspecified atom stereocenters. The Morgan fingerprint density at radius 3 is 2.73 bits per heavy atom. The quantitative estimate of drug-likeness (QED) is 0.795. The molecule has 1 aromatic carbocycles. The van der Waals surface area contributed by atoms with Crippen LogP contribution in [0.4, 0.5) is 5.69 Å². The van der Waals surface area contributed by atoms with Gasteiger partial charge in [0.1, 0.15) is 0 Å². The summed E-state index contributed by atoms with van der Waals surface area (Å²) in [6.45, 7) is 2.26. The highest BCUT2D eigenvalue weighted by Gasteiger charge is 2.27. The lowest BCUT2D eigenvalue weighted by atomic mass is 10.00. The Morgan fingerprint density at radius 1 is 1.33 bits per heavy atom. The first-order valence-corrected chi connectivity index (χ1v) is 5.50. The molecule has 0 radical (unpaired) electrons. The molecular formula is C13H16N2. The van der Waals surface area contributed by atoms with E-state index in [-0.39, 0.29) is 5.54 Å². The van der Waals surface area contributed by atoms with Crippen molar-refractivity contribution in [1.82, 2.24) is 0 Å². The summed E-state index contributed by atoms with van der Waals surface area (Å²) >= 11 is 0. The molecule has 0 heterocycles. The Balaban J connectivity index is 2.13. The first-order chi connectivity index (χ1) is 7.22. The highest BCUT2D eigenvalue weighted by Crippen LogP contribution is 2.32. The molecular weight excluding hydrogens is 184 g/mol. The number of nitriles is 1. The fraction of sp³-hybridized carbons (Fsp3) is 0.462. The second kappa shape index (κ2) is 3.94. The van der Waals surface area contributed by atoms with Gasteiger partial charge >= 0.3 is 0 Å². The van der Waals surface area contributed by atoms with Crippen molar-refractivity contribution in [1.29, 1.82) is 5.26 Å². The highest BCUT2D eigenvalue weighted by atomic mass is 15.0. The van der Waals surface area contributed by atoms with Crippen LogP contribution in [0.5, 0.6) is 0 Å². The maximum absolute atomic E-state index is 8.81.